The minimum absolute atomic E-state index is 0.00750. The molecule has 5 heteroatoms. The number of hydroxylamine groups is 1. The van der Waals surface area contributed by atoms with Crippen molar-refractivity contribution in [2.24, 2.45) is 0 Å². The van der Waals surface area contributed by atoms with Crippen LogP contribution < -0.4 is 5.48 Å². The summed E-state index contributed by atoms with van der Waals surface area (Å²) >= 11 is 0. The molecule has 15 heavy (non-hydrogen) atoms. The summed E-state index contributed by atoms with van der Waals surface area (Å²) in [4.78, 5) is 15.2. The highest BCUT2D eigenvalue weighted by Gasteiger charge is 2.11. The predicted octanol–water partition coefficient (Wildman–Crippen LogP) is 1.49. The van der Waals surface area contributed by atoms with Crippen LogP contribution in [0.4, 0.5) is 4.39 Å². The van der Waals surface area contributed by atoms with Crippen molar-refractivity contribution in [3.8, 4) is 0 Å². The molecule has 1 heterocycles. The molecule has 0 saturated heterocycles. The number of pyridine rings is 1. The molecule has 76 valence electrons. The fourth-order valence-electron chi connectivity index (χ4n) is 1.39. The van der Waals surface area contributed by atoms with Crippen LogP contribution in [0.15, 0.2) is 30.5 Å². The first-order valence-electron chi connectivity index (χ1n) is 4.21. The average molecular weight is 206 g/mol. The number of carbonyl (C=O) groups is 1. The van der Waals surface area contributed by atoms with Crippen LogP contribution in [0, 0.1) is 5.82 Å². The first-order chi connectivity index (χ1) is 7.22. The van der Waals surface area contributed by atoms with Crippen LogP contribution in [0.2, 0.25) is 0 Å². The van der Waals surface area contributed by atoms with E-state index in [0.717, 1.165) is 6.07 Å². The van der Waals surface area contributed by atoms with E-state index in [4.69, 9.17) is 5.21 Å². The predicted molar refractivity (Wildman–Crippen MR) is 51.0 cm³/mol. The third kappa shape index (κ3) is 1.64. The number of rotatable bonds is 1. The molecule has 0 fully saturated rings. The van der Waals surface area contributed by atoms with Crippen LogP contribution in [0.5, 0.6) is 0 Å². The van der Waals surface area contributed by atoms with E-state index < -0.39 is 11.7 Å². The third-order valence-electron chi connectivity index (χ3n) is 2.02. The van der Waals surface area contributed by atoms with Gasteiger partial charge in [-0.2, -0.15) is 0 Å². The van der Waals surface area contributed by atoms with Gasteiger partial charge in [-0.05, 0) is 18.2 Å². The topological polar surface area (TPSA) is 62.2 Å². The maximum atomic E-state index is 13.1. The molecule has 1 aromatic heterocycles. The van der Waals surface area contributed by atoms with Crippen molar-refractivity contribution in [3.05, 3.63) is 41.8 Å². The number of nitrogens with one attached hydrogen (secondary N) is 1. The smallest absolute Gasteiger partial charge is 0.276 e. The van der Waals surface area contributed by atoms with Crippen molar-refractivity contribution in [3.63, 3.8) is 0 Å². The van der Waals surface area contributed by atoms with Gasteiger partial charge in [0.15, 0.2) is 0 Å². The van der Waals surface area contributed by atoms with Gasteiger partial charge in [0.2, 0.25) is 0 Å². The molecule has 0 aliphatic heterocycles. The summed E-state index contributed by atoms with van der Waals surface area (Å²) in [6.45, 7) is 0. The molecular weight excluding hydrogens is 199 g/mol. The van der Waals surface area contributed by atoms with Crippen LogP contribution in [0.25, 0.3) is 10.9 Å². The molecule has 0 aliphatic carbocycles. The van der Waals surface area contributed by atoms with Crippen molar-refractivity contribution in [1.82, 2.24) is 10.5 Å². The molecule has 4 nitrogen and oxygen atoms in total. The lowest BCUT2D eigenvalue weighted by Gasteiger charge is -2.03. The van der Waals surface area contributed by atoms with E-state index in [9.17, 15) is 9.18 Å². The highest BCUT2D eigenvalue weighted by molar-refractivity contribution is 6.04. The molecule has 1 aromatic carbocycles. The first-order valence-corrected chi connectivity index (χ1v) is 4.21. The summed E-state index contributed by atoms with van der Waals surface area (Å²) in [5, 5.41) is 9.00. The van der Waals surface area contributed by atoms with Gasteiger partial charge in [-0.3, -0.25) is 15.0 Å². The van der Waals surface area contributed by atoms with E-state index in [1.807, 2.05) is 0 Å². The van der Waals surface area contributed by atoms with Gasteiger partial charge < -0.3 is 0 Å². The summed E-state index contributed by atoms with van der Waals surface area (Å²) in [5.41, 5.74) is 1.81. The Morgan fingerprint density at radius 3 is 3.00 bits per heavy atom. The molecular formula is C10H7FN2O2. The zero-order valence-corrected chi connectivity index (χ0v) is 7.57. The number of hydrogen-bond donors (Lipinski definition) is 2. The second kappa shape index (κ2) is 3.62. The lowest BCUT2D eigenvalue weighted by atomic mass is 10.1. The van der Waals surface area contributed by atoms with Gasteiger partial charge in [-0.15, -0.1) is 0 Å². The molecule has 2 rings (SSSR count). The Labute approximate surface area is 84.3 Å². The lowest BCUT2D eigenvalue weighted by molar-refractivity contribution is 0.0707. The van der Waals surface area contributed by atoms with Crippen molar-refractivity contribution in [2.45, 2.75) is 0 Å². The zero-order chi connectivity index (χ0) is 10.8. The van der Waals surface area contributed by atoms with E-state index in [-0.39, 0.29) is 5.56 Å². The van der Waals surface area contributed by atoms with Gasteiger partial charge in [-0.1, -0.05) is 6.07 Å². The second-order valence-electron chi connectivity index (χ2n) is 2.97. The van der Waals surface area contributed by atoms with Gasteiger partial charge in [-0.25, -0.2) is 9.87 Å². The number of carbonyl (C=O) groups excluding carboxylic acids is 1. The highest BCUT2D eigenvalue weighted by atomic mass is 19.1. The molecule has 0 aliphatic rings. The van der Waals surface area contributed by atoms with Gasteiger partial charge in [0.25, 0.3) is 5.91 Å². The summed E-state index contributed by atoms with van der Waals surface area (Å²) in [5.74, 6) is -1.33. The van der Waals surface area contributed by atoms with Crippen LogP contribution >= 0.6 is 0 Å². The minimum Gasteiger partial charge on any atom is -0.288 e. The molecule has 0 atom stereocenters. The third-order valence-corrected chi connectivity index (χ3v) is 2.02. The van der Waals surface area contributed by atoms with Crippen molar-refractivity contribution in [2.75, 3.05) is 0 Å². The zero-order valence-electron chi connectivity index (χ0n) is 7.57. The molecule has 0 radical (unpaired) electrons. The fourth-order valence-corrected chi connectivity index (χ4v) is 1.39. The molecule has 0 unspecified atom stereocenters. The summed E-state index contributed by atoms with van der Waals surface area (Å²) in [6.07, 6.45) is 1.49. The fraction of sp³-hybridized carbons (Fsp3) is 0. The van der Waals surface area contributed by atoms with E-state index in [2.05, 4.69) is 4.98 Å². The first kappa shape index (κ1) is 9.54. The molecule has 0 saturated carbocycles. The average Bonchev–Trinajstić information content (AvgIpc) is 2.26. The SMILES string of the molecule is O=C(NO)c1cc(F)cc2cccnc12. The molecule has 0 spiro atoms. The number of nitrogens with zero attached hydrogens (tertiary/aromatic N) is 1. The Balaban J connectivity index is 2.76. The van der Waals surface area contributed by atoms with Crippen LogP contribution in [0.1, 0.15) is 10.4 Å². The van der Waals surface area contributed by atoms with Gasteiger partial charge >= 0.3 is 0 Å². The largest absolute Gasteiger partial charge is 0.288 e. The Morgan fingerprint density at radius 2 is 2.27 bits per heavy atom. The van der Waals surface area contributed by atoms with Gasteiger partial charge in [0.05, 0.1) is 11.1 Å². The van der Waals surface area contributed by atoms with E-state index in [1.165, 1.54) is 17.7 Å². The second-order valence-corrected chi connectivity index (χ2v) is 2.97. The Hall–Kier alpha value is -2.01. The van der Waals surface area contributed by atoms with Crippen LogP contribution in [-0.4, -0.2) is 16.1 Å². The van der Waals surface area contributed by atoms with Crippen molar-refractivity contribution >= 4 is 16.8 Å². The maximum absolute atomic E-state index is 13.1. The molecule has 2 N–H and O–H groups in total. The number of halogens is 1. The van der Waals surface area contributed by atoms with E-state index in [1.54, 1.807) is 12.1 Å². The number of fused-ring (bicyclic) bond motifs is 1. The summed E-state index contributed by atoms with van der Waals surface area (Å²) in [7, 11) is 0. The van der Waals surface area contributed by atoms with E-state index >= 15 is 0 Å². The maximum Gasteiger partial charge on any atom is 0.276 e. The highest BCUT2D eigenvalue weighted by Crippen LogP contribution is 2.17. The van der Waals surface area contributed by atoms with E-state index in [0.29, 0.717) is 10.9 Å². The van der Waals surface area contributed by atoms with Gasteiger partial charge in [0.1, 0.15) is 5.82 Å². The molecule has 1 amide bonds. The van der Waals surface area contributed by atoms with Crippen molar-refractivity contribution < 1.29 is 14.4 Å². The minimum atomic E-state index is -0.779. The Morgan fingerprint density at radius 1 is 1.47 bits per heavy atom. The van der Waals surface area contributed by atoms with Crippen LogP contribution in [-0.2, 0) is 0 Å². The summed E-state index contributed by atoms with van der Waals surface area (Å²) in [6, 6.07) is 5.58. The Bertz CT molecular complexity index is 528. The summed E-state index contributed by atoms with van der Waals surface area (Å²) < 4.78 is 13.1. The molecule has 0 bridgehead atoms. The Kier molecular flexibility index (Phi) is 2.31. The van der Waals surface area contributed by atoms with Crippen LogP contribution in [0.3, 0.4) is 0 Å². The normalized spacial score (nSPS) is 10.3. The quantitative estimate of drug-likeness (QED) is 0.549. The number of benzene rings is 1. The number of hydrogen-bond acceptors (Lipinski definition) is 3. The lowest BCUT2D eigenvalue weighted by Crippen LogP contribution is -2.19. The van der Waals surface area contributed by atoms with Gasteiger partial charge in [0, 0.05) is 11.6 Å². The number of aromatic nitrogens is 1. The van der Waals surface area contributed by atoms with Crippen molar-refractivity contribution in [1.29, 1.82) is 0 Å². The monoisotopic (exact) mass is 206 g/mol. The molecule has 2 aromatic rings. The number of amides is 1. The standard InChI is InChI=1S/C10H7FN2O2/c11-7-4-6-2-1-3-12-9(6)8(5-7)10(14)13-15/h1-5,15H,(H,13,14).